The van der Waals surface area contributed by atoms with Crippen LogP contribution in [0, 0.1) is 10.1 Å². The van der Waals surface area contributed by atoms with Gasteiger partial charge in [-0.25, -0.2) is 5.43 Å². The number of carbonyl (C=O) groups is 1. The first-order chi connectivity index (χ1) is 18.4. The summed E-state index contributed by atoms with van der Waals surface area (Å²) in [6, 6.07) is 17.1. The third-order valence-corrected chi connectivity index (χ3v) is 8.69. The number of halogens is 1. The number of amides is 1. The van der Waals surface area contributed by atoms with Crippen LogP contribution in [-0.2, 0) is 11.4 Å². The van der Waals surface area contributed by atoms with Crippen LogP contribution in [0.25, 0.3) is 0 Å². The molecule has 0 unspecified atom stereocenters. The molecule has 0 atom stereocenters. The van der Waals surface area contributed by atoms with E-state index >= 15 is 0 Å². The summed E-state index contributed by atoms with van der Waals surface area (Å²) in [4.78, 5) is 22.7. The summed E-state index contributed by atoms with van der Waals surface area (Å²) in [5.74, 6) is 3.14. The summed E-state index contributed by atoms with van der Waals surface area (Å²) in [6.45, 7) is -0.124. The van der Waals surface area contributed by atoms with Crippen molar-refractivity contribution in [2.75, 3.05) is 25.2 Å². The third kappa shape index (κ3) is 7.56. The number of non-ortho nitro benzene ring substituents is 1. The zero-order chi connectivity index (χ0) is 26.9. The van der Waals surface area contributed by atoms with Gasteiger partial charge in [-0.3, -0.25) is 14.9 Å². The van der Waals surface area contributed by atoms with E-state index in [4.69, 9.17) is 25.8 Å². The van der Waals surface area contributed by atoms with E-state index in [9.17, 15) is 14.9 Å². The van der Waals surface area contributed by atoms with Gasteiger partial charge < -0.3 is 14.2 Å². The van der Waals surface area contributed by atoms with Crippen LogP contribution in [0.4, 0.5) is 5.69 Å². The Balaban J connectivity index is 1.29. The quantitative estimate of drug-likeness (QED) is 0.173. The van der Waals surface area contributed by atoms with Gasteiger partial charge in [0.05, 0.1) is 27.9 Å². The lowest BCUT2D eigenvalue weighted by Gasteiger charge is -2.13. The van der Waals surface area contributed by atoms with Crippen molar-refractivity contribution in [3.63, 3.8) is 0 Å². The van der Waals surface area contributed by atoms with Crippen molar-refractivity contribution in [1.29, 1.82) is 0 Å². The topological polar surface area (TPSA) is 112 Å². The molecule has 3 aromatic carbocycles. The van der Waals surface area contributed by atoms with Crippen LogP contribution in [0.2, 0.25) is 5.02 Å². The summed E-state index contributed by atoms with van der Waals surface area (Å²) in [7, 11) is 1.46. The minimum atomic E-state index is -0.470. The van der Waals surface area contributed by atoms with Crippen LogP contribution >= 0.6 is 35.1 Å². The number of hydrogen-bond donors (Lipinski definition) is 1. The first-order valence-electron chi connectivity index (χ1n) is 11.4. The fraction of sp³-hybridized carbons (Fsp3) is 0.231. The van der Waals surface area contributed by atoms with E-state index < -0.39 is 10.8 Å². The molecule has 38 heavy (non-hydrogen) atoms. The number of hydrogen-bond acceptors (Lipinski definition) is 9. The second kappa shape index (κ2) is 13.4. The lowest BCUT2D eigenvalue weighted by molar-refractivity contribution is -0.384. The van der Waals surface area contributed by atoms with Gasteiger partial charge in [-0.1, -0.05) is 35.9 Å². The number of carbonyl (C=O) groups excluding carboxylic acids is 1. The average molecular weight is 574 g/mol. The van der Waals surface area contributed by atoms with E-state index in [1.165, 1.54) is 31.0 Å². The molecule has 0 spiro atoms. The molecule has 0 aliphatic carbocycles. The summed E-state index contributed by atoms with van der Waals surface area (Å²) in [5, 5.41) is 15.2. The third-order valence-electron chi connectivity index (χ3n) is 5.30. The molecular weight excluding hydrogens is 550 g/mol. The summed E-state index contributed by atoms with van der Waals surface area (Å²) in [6.07, 6.45) is 1.42. The maximum absolute atomic E-state index is 12.1. The number of methoxy groups -OCH3 is 1. The summed E-state index contributed by atoms with van der Waals surface area (Å²) in [5.41, 5.74) is 4.80. The lowest BCUT2D eigenvalue weighted by Crippen LogP contribution is -2.24. The number of ether oxygens (including phenoxy) is 3. The average Bonchev–Trinajstić information content (AvgIpc) is 3.46. The number of nitrogens with zero attached hydrogens (tertiary/aromatic N) is 2. The second-order valence-corrected chi connectivity index (χ2v) is 11.1. The smallest absolute Gasteiger partial charge is 0.277 e. The SMILES string of the molecule is COc1cc(/C=N\NC(=O)COc2ccc(C3SCCS3)cc2)cc(Cl)c1OCc1cccc([N+](=O)[O-])c1. The molecular formula is C26H24ClN3O6S2. The van der Waals surface area contributed by atoms with Crippen LogP contribution in [0.1, 0.15) is 21.3 Å². The Morgan fingerprint density at radius 3 is 2.63 bits per heavy atom. The van der Waals surface area contributed by atoms with Crippen molar-refractivity contribution in [1.82, 2.24) is 5.43 Å². The van der Waals surface area contributed by atoms with E-state index in [0.717, 1.165) is 11.5 Å². The van der Waals surface area contributed by atoms with Gasteiger partial charge in [-0.05, 0) is 41.0 Å². The van der Waals surface area contributed by atoms with E-state index in [1.54, 1.807) is 24.3 Å². The molecule has 9 nitrogen and oxygen atoms in total. The minimum absolute atomic E-state index is 0.0289. The van der Waals surface area contributed by atoms with Gasteiger partial charge in [0, 0.05) is 23.6 Å². The Bertz CT molecular complexity index is 1320. The molecule has 0 aromatic heterocycles. The summed E-state index contributed by atoms with van der Waals surface area (Å²) >= 11 is 10.3. The number of nitrogens with one attached hydrogen (secondary N) is 1. The highest BCUT2D eigenvalue weighted by molar-refractivity contribution is 8.19. The van der Waals surface area contributed by atoms with Gasteiger partial charge in [0.2, 0.25) is 0 Å². The number of hydrazone groups is 1. The number of nitro benzene ring substituents is 1. The van der Waals surface area contributed by atoms with Crippen LogP contribution in [-0.4, -0.2) is 42.3 Å². The molecule has 4 rings (SSSR count). The monoisotopic (exact) mass is 573 g/mol. The van der Waals surface area contributed by atoms with Crippen molar-refractivity contribution >= 4 is 52.9 Å². The highest BCUT2D eigenvalue weighted by atomic mass is 35.5. The lowest BCUT2D eigenvalue weighted by atomic mass is 10.2. The Morgan fingerprint density at radius 1 is 1.16 bits per heavy atom. The Labute approximate surface area is 233 Å². The van der Waals surface area contributed by atoms with Crippen molar-refractivity contribution in [3.8, 4) is 17.2 Å². The zero-order valence-electron chi connectivity index (χ0n) is 20.3. The molecule has 1 saturated heterocycles. The van der Waals surface area contributed by atoms with Gasteiger partial charge in [0.15, 0.2) is 18.1 Å². The van der Waals surface area contributed by atoms with Gasteiger partial charge in [-0.15, -0.1) is 23.5 Å². The molecule has 0 saturated carbocycles. The van der Waals surface area contributed by atoms with E-state index in [-0.39, 0.29) is 29.7 Å². The van der Waals surface area contributed by atoms with Crippen LogP contribution < -0.4 is 19.6 Å². The summed E-state index contributed by atoms with van der Waals surface area (Å²) < 4.78 is 17.2. The Hall–Kier alpha value is -3.41. The maximum atomic E-state index is 12.1. The zero-order valence-corrected chi connectivity index (χ0v) is 22.7. The molecule has 3 aromatic rings. The molecule has 1 aliphatic rings. The first kappa shape index (κ1) is 27.6. The molecule has 0 bridgehead atoms. The number of thioether (sulfide) groups is 2. The molecule has 198 valence electrons. The molecule has 1 N–H and O–H groups in total. The number of benzene rings is 3. The van der Waals surface area contributed by atoms with E-state index in [1.807, 2.05) is 47.8 Å². The van der Waals surface area contributed by atoms with Gasteiger partial charge in [0.25, 0.3) is 11.6 Å². The highest BCUT2D eigenvalue weighted by Gasteiger charge is 2.18. The minimum Gasteiger partial charge on any atom is -0.493 e. The molecule has 1 aliphatic heterocycles. The van der Waals surface area contributed by atoms with Gasteiger partial charge in [0.1, 0.15) is 12.4 Å². The standard InChI is InChI=1S/C26H24ClN3O6S2/c1-34-23-13-18(12-22(27)25(23)36-15-17-3-2-4-20(11-17)30(32)33)14-28-29-24(31)16-35-21-7-5-19(6-8-21)26-37-9-10-38-26/h2-8,11-14,26H,9-10,15-16H2,1H3,(H,29,31)/b28-14-. The van der Waals surface area contributed by atoms with Crippen molar-refractivity contribution in [3.05, 3.63) is 92.5 Å². The normalized spacial score (nSPS) is 13.4. The first-order valence-corrected chi connectivity index (χ1v) is 13.9. The van der Waals surface area contributed by atoms with Gasteiger partial charge >= 0.3 is 0 Å². The number of nitro groups is 1. The van der Waals surface area contributed by atoms with Crippen LogP contribution in [0.15, 0.2) is 65.8 Å². The maximum Gasteiger partial charge on any atom is 0.277 e. The van der Waals surface area contributed by atoms with Crippen molar-refractivity contribution in [2.24, 2.45) is 5.10 Å². The van der Waals surface area contributed by atoms with Gasteiger partial charge in [-0.2, -0.15) is 5.10 Å². The predicted molar refractivity (Wildman–Crippen MR) is 151 cm³/mol. The fourth-order valence-electron chi connectivity index (χ4n) is 3.50. The number of rotatable bonds is 11. The molecule has 1 heterocycles. The van der Waals surface area contributed by atoms with E-state index in [2.05, 4.69) is 10.5 Å². The van der Waals surface area contributed by atoms with Crippen LogP contribution in [0.5, 0.6) is 17.2 Å². The largest absolute Gasteiger partial charge is 0.493 e. The van der Waals surface area contributed by atoms with Crippen molar-refractivity contribution < 1.29 is 23.9 Å². The highest BCUT2D eigenvalue weighted by Crippen LogP contribution is 2.45. The Morgan fingerprint density at radius 2 is 1.92 bits per heavy atom. The van der Waals surface area contributed by atoms with E-state index in [0.29, 0.717) is 27.2 Å². The predicted octanol–water partition coefficient (Wildman–Crippen LogP) is 5.84. The van der Waals surface area contributed by atoms with Crippen molar-refractivity contribution in [2.45, 2.75) is 11.2 Å². The molecule has 1 fully saturated rings. The molecule has 1 amide bonds. The van der Waals surface area contributed by atoms with Crippen LogP contribution in [0.3, 0.4) is 0 Å². The fourth-order valence-corrected chi connectivity index (χ4v) is 6.63. The molecule has 0 radical (unpaired) electrons. The Kier molecular flexibility index (Phi) is 9.74. The second-order valence-electron chi connectivity index (χ2n) is 7.97. The molecule has 12 heteroatoms.